The van der Waals surface area contributed by atoms with Crippen molar-refractivity contribution in [2.24, 2.45) is 17.3 Å². The highest BCUT2D eigenvalue weighted by atomic mass is 16.3. The van der Waals surface area contributed by atoms with Gasteiger partial charge in [0.05, 0.1) is 0 Å². The molecule has 0 aliphatic heterocycles. The fourth-order valence-corrected chi connectivity index (χ4v) is 2.19. The van der Waals surface area contributed by atoms with Crippen molar-refractivity contribution in [1.29, 1.82) is 0 Å². The predicted molar refractivity (Wildman–Crippen MR) is 48.2 cm³/mol. The van der Waals surface area contributed by atoms with Gasteiger partial charge < -0.3 is 9.90 Å². The standard InChI is InChI=1S/C10H16O3/c1-10(2)7(3-4-11)5-8(10)9(13)6-12/h4,7-8,12H,3,5-6H2,1-2H3. The van der Waals surface area contributed by atoms with Gasteiger partial charge in [-0.3, -0.25) is 4.79 Å². The van der Waals surface area contributed by atoms with E-state index in [0.29, 0.717) is 12.3 Å². The molecule has 1 aliphatic rings. The van der Waals surface area contributed by atoms with Crippen LogP contribution in [0, 0.1) is 17.3 Å². The zero-order chi connectivity index (χ0) is 10.1. The van der Waals surface area contributed by atoms with Crippen LogP contribution in [0.15, 0.2) is 0 Å². The number of aliphatic hydroxyl groups excluding tert-OH is 1. The second-order valence-corrected chi connectivity index (χ2v) is 4.33. The van der Waals surface area contributed by atoms with Gasteiger partial charge in [-0.25, -0.2) is 0 Å². The first-order valence-corrected chi connectivity index (χ1v) is 4.61. The molecule has 0 amide bonds. The number of carbonyl (C=O) groups excluding carboxylic acids is 2. The molecule has 3 heteroatoms. The van der Waals surface area contributed by atoms with Gasteiger partial charge in [-0.15, -0.1) is 0 Å². The molecule has 2 unspecified atom stereocenters. The van der Waals surface area contributed by atoms with Crippen LogP contribution in [-0.4, -0.2) is 23.8 Å². The van der Waals surface area contributed by atoms with Crippen LogP contribution in [0.3, 0.4) is 0 Å². The molecule has 1 fully saturated rings. The van der Waals surface area contributed by atoms with Crippen LogP contribution in [0.4, 0.5) is 0 Å². The second kappa shape index (κ2) is 3.58. The molecule has 0 saturated heterocycles. The first-order valence-electron chi connectivity index (χ1n) is 4.61. The number of ketones is 1. The summed E-state index contributed by atoms with van der Waals surface area (Å²) in [4.78, 5) is 21.5. The largest absolute Gasteiger partial charge is 0.389 e. The monoisotopic (exact) mass is 184 g/mol. The van der Waals surface area contributed by atoms with E-state index in [4.69, 9.17) is 5.11 Å². The molecule has 1 rings (SSSR count). The van der Waals surface area contributed by atoms with Crippen molar-refractivity contribution in [3.05, 3.63) is 0 Å². The van der Waals surface area contributed by atoms with Gasteiger partial charge in [0.2, 0.25) is 0 Å². The molecule has 0 spiro atoms. The van der Waals surface area contributed by atoms with Crippen LogP contribution in [0.1, 0.15) is 26.7 Å². The summed E-state index contributed by atoms with van der Waals surface area (Å²) in [6.07, 6.45) is 2.19. The summed E-state index contributed by atoms with van der Waals surface area (Å²) in [5.41, 5.74) is -0.110. The Bertz CT molecular complexity index is 220. The highest BCUT2D eigenvalue weighted by Gasteiger charge is 2.50. The third-order valence-electron chi connectivity index (χ3n) is 3.40. The number of aliphatic hydroxyl groups is 1. The molecule has 74 valence electrons. The summed E-state index contributed by atoms with van der Waals surface area (Å²) in [6, 6.07) is 0. The van der Waals surface area contributed by atoms with E-state index in [9.17, 15) is 9.59 Å². The second-order valence-electron chi connectivity index (χ2n) is 4.33. The Kier molecular flexibility index (Phi) is 2.86. The molecule has 0 aromatic heterocycles. The third kappa shape index (κ3) is 1.66. The lowest BCUT2D eigenvalue weighted by Gasteiger charge is -2.50. The zero-order valence-electron chi connectivity index (χ0n) is 8.12. The summed E-state index contributed by atoms with van der Waals surface area (Å²) < 4.78 is 0. The molecule has 1 aliphatic carbocycles. The molecule has 2 atom stereocenters. The van der Waals surface area contributed by atoms with E-state index in [-0.39, 0.29) is 23.7 Å². The molecule has 3 nitrogen and oxygen atoms in total. The summed E-state index contributed by atoms with van der Waals surface area (Å²) in [6.45, 7) is 3.60. The summed E-state index contributed by atoms with van der Waals surface area (Å²) in [5.74, 6) is 0.167. The van der Waals surface area contributed by atoms with Crippen molar-refractivity contribution in [2.45, 2.75) is 26.7 Å². The van der Waals surface area contributed by atoms with Crippen LogP contribution in [0.25, 0.3) is 0 Å². The van der Waals surface area contributed by atoms with Gasteiger partial charge >= 0.3 is 0 Å². The smallest absolute Gasteiger partial charge is 0.161 e. The predicted octanol–water partition coefficient (Wildman–Crippen LogP) is 0.799. The molecule has 1 N–H and O–H groups in total. The van der Waals surface area contributed by atoms with Gasteiger partial charge in [-0.05, 0) is 17.8 Å². The molecule has 0 bridgehead atoms. The van der Waals surface area contributed by atoms with E-state index in [2.05, 4.69) is 0 Å². The normalized spacial score (nSPS) is 30.7. The number of aldehydes is 1. The average Bonchev–Trinajstić information content (AvgIpc) is 2.10. The Labute approximate surface area is 78.1 Å². The molecule has 0 aromatic carbocycles. The molecular weight excluding hydrogens is 168 g/mol. The fraction of sp³-hybridized carbons (Fsp3) is 0.800. The van der Waals surface area contributed by atoms with Crippen molar-refractivity contribution in [2.75, 3.05) is 6.61 Å². The number of rotatable bonds is 4. The molecule has 1 saturated carbocycles. The van der Waals surface area contributed by atoms with Crippen LogP contribution in [0.2, 0.25) is 0 Å². The lowest BCUT2D eigenvalue weighted by atomic mass is 9.53. The van der Waals surface area contributed by atoms with Gasteiger partial charge in [0.1, 0.15) is 12.9 Å². The molecule has 0 radical (unpaired) electrons. The van der Waals surface area contributed by atoms with Crippen LogP contribution >= 0.6 is 0 Å². The zero-order valence-corrected chi connectivity index (χ0v) is 8.12. The molecular formula is C10H16O3. The Hall–Kier alpha value is -0.700. The minimum atomic E-state index is -0.373. The maximum absolute atomic E-state index is 11.2. The Morgan fingerprint density at radius 3 is 2.62 bits per heavy atom. The van der Waals surface area contributed by atoms with Crippen LogP contribution in [0.5, 0.6) is 0 Å². The number of carbonyl (C=O) groups is 2. The van der Waals surface area contributed by atoms with Gasteiger partial charge in [-0.1, -0.05) is 13.8 Å². The number of hydrogen-bond donors (Lipinski definition) is 1. The first kappa shape index (κ1) is 10.4. The Morgan fingerprint density at radius 1 is 1.62 bits per heavy atom. The van der Waals surface area contributed by atoms with E-state index < -0.39 is 0 Å². The molecule has 0 heterocycles. The maximum Gasteiger partial charge on any atom is 0.161 e. The van der Waals surface area contributed by atoms with Gasteiger partial charge in [0, 0.05) is 12.3 Å². The van der Waals surface area contributed by atoms with E-state index >= 15 is 0 Å². The highest BCUT2D eigenvalue weighted by Crippen LogP contribution is 2.52. The Balaban J connectivity index is 2.58. The minimum absolute atomic E-state index is 0.0533. The highest BCUT2D eigenvalue weighted by molar-refractivity contribution is 5.83. The maximum atomic E-state index is 11.2. The van der Waals surface area contributed by atoms with Crippen LogP contribution < -0.4 is 0 Å². The van der Waals surface area contributed by atoms with Gasteiger partial charge in [0.25, 0.3) is 0 Å². The van der Waals surface area contributed by atoms with Crippen molar-refractivity contribution in [3.8, 4) is 0 Å². The average molecular weight is 184 g/mol. The van der Waals surface area contributed by atoms with Gasteiger partial charge in [-0.2, -0.15) is 0 Å². The van der Waals surface area contributed by atoms with E-state index in [1.165, 1.54) is 0 Å². The van der Waals surface area contributed by atoms with Crippen molar-refractivity contribution >= 4 is 12.1 Å². The fourth-order valence-electron chi connectivity index (χ4n) is 2.19. The SMILES string of the molecule is CC1(C)C(CC=O)CC1C(=O)CO. The van der Waals surface area contributed by atoms with E-state index in [0.717, 1.165) is 12.7 Å². The van der Waals surface area contributed by atoms with E-state index in [1.807, 2.05) is 13.8 Å². The third-order valence-corrected chi connectivity index (χ3v) is 3.40. The summed E-state index contributed by atoms with van der Waals surface area (Å²) >= 11 is 0. The van der Waals surface area contributed by atoms with Gasteiger partial charge in [0.15, 0.2) is 5.78 Å². The van der Waals surface area contributed by atoms with Crippen LogP contribution in [-0.2, 0) is 9.59 Å². The van der Waals surface area contributed by atoms with Crippen molar-refractivity contribution < 1.29 is 14.7 Å². The topological polar surface area (TPSA) is 54.4 Å². The molecule has 0 aromatic rings. The number of Topliss-reactive ketones (excluding diaryl/α,β-unsaturated/α-hetero) is 1. The Morgan fingerprint density at radius 2 is 2.23 bits per heavy atom. The number of hydrogen-bond acceptors (Lipinski definition) is 3. The van der Waals surface area contributed by atoms with Crippen molar-refractivity contribution in [3.63, 3.8) is 0 Å². The summed E-state index contributed by atoms with van der Waals surface area (Å²) in [5, 5.41) is 8.70. The first-order chi connectivity index (χ1) is 6.04. The summed E-state index contributed by atoms with van der Waals surface area (Å²) in [7, 11) is 0. The van der Waals surface area contributed by atoms with Crippen molar-refractivity contribution in [1.82, 2.24) is 0 Å². The molecule has 13 heavy (non-hydrogen) atoms. The quantitative estimate of drug-likeness (QED) is 0.657. The lowest BCUT2D eigenvalue weighted by molar-refractivity contribution is -0.142. The minimum Gasteiger partial charge on any atom is -0.389 e. The van der Waals surface area contributed by atoms with E-state index in [1.54, 1.807) is 0 Å². The lowest BCUT2D eigenvalue weighted by Crippen LogP contribution is -2.49.